The zero-order valence-corrected chi connectivity index (χ0v) is 13.0. The summed E-state index contributed by atoms with van der Waals surface area (Å²) in [6.45, 7) is 0.325. The maximum absolute atomic E-state index is 12.7. The smallest absolute Gasteiger partial charge is 0.274 e. The van der Waals surface area contributed by atoms with Crippen molar-refractivity contribution in [2.45, 2.75) is 12.6 Å². The molecule has 1 aromatic heterocycles. The van der Waals surface area contributed by atoms with Crippen molar-refractivity contribution < 1.29 is 5.11 Å². The third kappa shape index (κ3) is 3.33. The highest BCUT2D eigenvalue weighted by atomic mass is 35.5. The molecule has 4 nitrogen and oxygen atoms in total. The van der Waals surface area contributed by atoms with Crippen LogP contribution in [0.1, 0.15) is 22.8 Å². The molecular formula is C18H15ClN2O2. The molecule has 3 aromatic rings. The Labute approximate surface area is 138 Å². The molecule has 3 rings (SSSR count). The van der Waals surface area contributed by atoms with Crippen molar-refractivity contribution in [3.05, 3.63) is 98.9 Å². The Morgan fingerprint density at radius 2 is 1.65 bits per heavy atom. The average molecular weight is 327 g/mol. The number of benzene rings is 2. The Hall–Kier alpha value is -2.43. The number of aromatic nitrogens is 2. The van der Waals surface area contributed by atoms with Gasteiger partial charge in [-0.2, -0.15) is 5.10 Å². The highest BCUT2D eigenvalue weighted by molar-refractivity contribution is 6.31. The molecular weight excluding hydrogens is 312 g/mol. The molecule has 2 aromatic carbocycles. The van der Waals surface area contributed by atoms with Gasteiger partial charge in [-0.05, 0) is 11.1 Å². The van der Waals surface area contributed by atoms with Gasteiger partial charge in [-0.3, -0.25) is 4.79 Å². The Morgan fingerprint density at radius 3 is 2.30 bits per heavy atom. The van der Waals surface area contributed by atoms with Crippen LogP contribution >= 0.6 is 11.6 Å². The molecule has 0 aliphatic rings. The predicted octanol–water partition coefficient (Wildman–Crippen LogP) is 3.03. The molecule has 0 fully saturated rings. The van der Waals surface area contributed by atoms with Crippen LogP contribution in [0.4, 0.5) is 0 Å². The molecule has 1 atom stereocenters. The third-order valence-electron chi connectivity index (χ3n) is 3.60. The van der Waals surface area contributed by atoms with Crippen LogP contribution in [0.25, 0.3) is 0 Å². The third-order valence-corrected chi connectivity index (χ3v) is 3.90. The molecule has 0 bridgehead atoms. The number of rotatable bonds is 4. The summed E-state index contributed by atoms with van der Waals surface area (Å²) in [6, 6.07) is 18.5. The summed E-state index contributed by atoms with van der Waals surface area (Å²) < 4.78 is 1.31. The van der Waals surface area contributed by atoms with Gasteiger partial charge in [0, 0.05) is 0 Å². The van der Waals surface area contributed by atoms with Crippen LogP contribution in [0.3, 0.4) is 0 Å². The van der Waals surface area contributed by atoms with Crippen LogP contribution in [-0.4, -0.2) is 14.9 Å². The lowest BCUT2D eigenvalue weighted by Gasteiger charge is -2.14. The zero-order chi connectivity index (χ0) is 16.2. The van der Waals surface area contributed by atoms with E-state index in [9.17, 15) is 9.90 Å². The van der Waals surface area contributed by atoms with Gasteiger partial charge in [-0.1, -0.05) is 72.3 Å². The standard InChI is InChI=1S/C18H15ClN2O2/c19-15-11-20-21(12-13-7-3-1-4-8-13)18(23)16(15)17(22)14-9-5-2-6-10-14/h1-11,17,22H,12H2. The fourth-order valence-electron chi connectivity index (χ4n) is 2.40. The first-order valence-electron chi connectivity index (χ1n) is 7.19. The van der Waals surface area contributed by atoms with E-state index in [1.165, 1.54) is 10.9 Å². The van der Waals surface area contributed by atoms with Crippen molar-refractivity contribution in [3.8, 4) is 0 Å². The number of hydrogen-bond acceptors (Lipinski definition) is 3. The van der Waals surface area contributed by atoms with Crippen molar-refractivity contribution >= 4 is 11.6 Å². The summed E-state index contributed by atoms with van der Waals surface area (Å²) in [5.41, 5.74) is 1.31. The second-order valence-corrected chi connectivity index (χ2v) is 5.58. The SMILES string of the molecule is O=c1c(C(O)c2ccccc2)c(Cl)cnn1Cc1ccccc1. The van der Waals surface area contributed by atoms with Gasteiger partial charge < -0.3 is 5.11 Å². The Balaban J connectivity index is 2.01. The van der Waals surface area contributed by atoms with Crippen molar-refractivity contribution in [1.29, 1.82) is 0 Å². The molecule has 0 saturated carbocycles. The van der Waals surface area contributed by atoms with Gasteiger partial charge in [0.15, 0.2) is 0 Å². The molecule has 116 valence electrons. The summed E-state index contributed by atoms with van der Waals surface area (Å²) >= 11 is 6.11. The van der Waals surface area contributed by atoms with Gasteiger partial charge >= 0.3 is 0 Å². The quantitative estimate of drug-likeness (QED) is 0.801. The minimum absolute atomic E-state index is 0.142. The van der Waals surface area contributed by atoms with Gasteiger partial charge in [0.05, 0.1) is 23.3 Å². The number of halogens is 1. The Morgan fingerprint density at radius 1 is 1.04 bits per heavy atom. The van der Waals surface area contributed by atoms with Crippen LogP contribution < -0.4 is 5.56 Å². The van der Waals surface area contributed by atoms with E-state index in [0.29, 0.717) is 12.1 Å². The Bertz CT molecular complexity index is 848. The van der Waals surface area contributed by atoms with E-state index in [1.54, 1.807) is 24.3 Å². The van der Waals surface area contributed by atoms with E-state index in [0.717, 1.165) is 5.56 Å². The average Bonchev–Trinajstić information content (AvgIpc) is 2.59. The number of aliphatic hydroxyl groups is 1. The first kappa shape index (κ1) is 15.5. The fraction of sp³-hybridized carbons (Fsp3) is 0.111. The first-order chi connectivity index (χ1) is 11.2. The van der Waals surface area contributed by atoms with Gasteiger partial charge in [-0.25, -0.2) is 4.68 Å². The number of hydrogen-bond donors (Lipinski definition) is 1. The molecule has 0 radical (unpaired) electrons. The van der Waals surface area contributed by atoms with Crippen LogP contribution in [0.2, 0.25) is 5.02 Å². The highest BCUT2D eigenvalue weighted by Gasteiger charge is 2.20. The van der Waals surface area contributed by atoms with Gasteiger partial charge in [-0.15, -0.1) is 0 Å². The molecule has 1 heterocycles. The molecule has 0 aliphatic carbocycles. The van der Waals surface area contributed by atoms with Crippen molar-refractivity contribution in [2.24, 2.45) is 0 Å². The molecule has 0 aliphatic heterocycles. The molecule has 1 N–H and O–H groups in total. The van der Waals surface area contributed by atoms with Crippen LogP contribution in [0, 0.1) is 0 Å². The van der Waals surface area contributed by atoms with E-state index in [2.05, 4.69) is 5.10 Å². The van der Waals surface area contributed by atoms with E-state index in [1.807, 2.05) is 36.4 Å². The highest BCUT2D eigenvalue weighted by Crippen LogP contribution is 2.24. The van der Waals surface area contributed by atoms with Crippen molar-refractivity contribution in [2.75, 3.05) is 0 Å². The van der Waals surface area contributed by atoms with Gasteiger partial charge in [0.25, 0.3) is 5.56 Å². The Kier molecular flexibility index (Phi) is 4.55. The van der Waals surface area contributed by atoms with Crippen LogP contribution in [-0.2, 0) is 6.54 Å². The largest absolute Gasteiger partial charge is 0.383 e. The molecule has 5 heteroatoms. The topological polar surface area (TPSA) is 55.1 Å². The van der Waals surface area contributed by atoms with Crippen molar-refractivity contribution in [1.82, 2.24) is 9.78 Å². The lowest BCUT2D eigenvalue weighted by Crippen LogP contribution is -2.28. The summed E-state index contributed by atoms with van der Waals surface area (Å²) in [4.78, 5) is 12.7. The van der Waals surface area contributed by atoms with Crippen molar-refractivity contribution in [3.63, 3.8) is 0 Å². The van der Waals surface area contributed by atoms with Gasteiger partial charge in [0.2, 0.25) is 0 Å². The lowest BCUT2D eigenvalue weighted by molar-refractivity contribution is 0.217. The summed E-state index contributed by atoms with van der Waals surface area (Å²) in [5.74, 6) is 0. The molecule has 0 saturated heterocycles. The van der Waals surface area contributed by atoms with Gasteiger partial charge in [0.1, 0.15) is 6.10 Å². The normalized spacial score (nSPS) is 12.1. The minimum atomic E-state index is -1.08. The monoisotopic (exact) mass is 326 g/mol. The number of aliphatic hydroxyl groups excluding tert-OH is 1. The van der Waals surface area contributed by atoms with Crippen LogP contribution in [0.15, 0.2) is 71.7 Å². The van der Waals surface area contributed by atoms with E-state index >= 15 is 0 Å². The first-order valence-corrected chi connectivity index (χ1v) is 7.57. The maximum atomic E-state index is 12.7. The lowest BCUT2D eigenvalue weighted by atomic mass is 10.0. The summed E-state index contributed by atoms with van der Waals surface area (Å²) in [5, 5.41) is 14.8. The van der Waals surface area contributed by atoms with E-state index < -0.39 is 11.7 Å². The van der Waals surface area contributed by atoms with Crippen LogP contribution in [0.5, 0.6) is 0 Å². The molecule has 23 heavy (non-hydrogen) atoms. The second kappa shape index (κ2) is 6.77. The fourth-order valence-corrected chi connectivity index (χ4v) is 2.63. The predicted molar refractivity (Wildman–Crippen MR) is 89.6 cm³/mol. The number of nitrogens with zero attached hydrogens (tertiary/aromatic N) is 2. The molecule has 0 spiro atoms. The van der Waals surface area contributed by atoms with E-state index in [-0.39, 0.29) is 10.6 Å². The molecule has 0 amide bonds. The zero-order valence-electron chi connectivity index (χ0n) is 12.3. The minimum Gasteiger partial charge on any atom is -0.383 e. The summed E-state index contributed by atoms with van der Waals surface area (Å²) in [7, 11) is 0. The molecule has 1 unspecified atom stereocenters. The maximum Gasteiger partial charge on any atom is 0.274 e. The summed E-state index contributed by atoms with van der Waals surface area (Å²) in [6.07, 6.45) is 0.314. The second-order valence-electron chi connectivity index (χ2n) is 5.17. The van der Waals surface area contributed by atoms with E-state index in [4.69, 9.17) is 11.6 Å².